The molecule has 66 valence electrons. The highest BCUT2D eigenvalue weighted by Crippen LogP contribution is 2.25. The zero-order valence-electron chi connectivity index (χ0n) is 6.26. The van der Waals surface area contributed by atoms with Gasteiger partial charge in [-0.2, -0.15) is 0 Å². The number of rotatable bonds is 0. The Bertz CT molecular complexity index is 473. The van der Waals surface area contributed by atoms with Crippen molar-refractivity contribution in [1.29, 1.82) is 0 Å². The van der Waals surface area contributed by atoms with Crippen LogP contribution < -0.4 is 0 Å². The molecule has 0 bridgehead atoms. The van der Waals surface area contributed by atoms with Crippen molar-refractivity contribution in [1.82, 2.24) is 9.97 Å². The summed E-state index contributed by atoms with van der Waals surface area (Å²) in [6, 6.07) is 5.35. The number of hydrogen-bond acceptors (Lipinski definition) is 2. The molecule has 13 heavy (non-hydrogen) atoms. The quantitative estimate of drug-likeness (QED) is 0.542. The Balaban J connectivity index is 2.87. The van der Waals surface area contributed by atoms with Crippen LogP contribution in [0.5, 0.6) is 0 Å². The fourth-order valence-corrected chi connectivity index (χ4v) is 1.97. The fourth-order valence-electron chi connectivity index (χ4n) is 1.04. The number of nitrogens with zero attached hydrogens (tertiary/aromatic N) is 2. The second-order valence-electron chi connectivity index (χ2n) is 2.44. The molecule has 0 unspecified atom stereocenters. The molecule has 2 aromatic rings. The summed E-state index contributed by atoms with van der Waals surface area (Å²) in [6.45, 7) is 0. The van der Waals surface area contributed by atoms with Crippen molar-refractivity contribution < 1.29 is 0 Å². The van der Waals surface area contributed by atoms with Gasteiger partial charge in [0.15, 0.2) is 0 Å². The minimum atomic E-state index is 0.224. The van der Waals surface area contributed by atoms with Crippen LogP contribution in [0, 0.1) is 0 Å². The molecule has 0 saturated carbocycles. The van der Waals surface area contributed by atoms with Crippen molar-refractivity contribution in [3.63, 3.8) is 0 Å². The third kappa shape index (κ3) is 1.77. The number of benzene rings is 1. The van der Waals surface area contributed by atoms with Gasteiger partial charge in [-0.05, 0) is 45.7 Å². The van der Waals surface area contributed by atoms with Gasteiger partial charge in [-0.1, -0.05) is 11.6 Å². The summed E-state index contributed by atoms with van der Waals surface area (Å²) >= 11 is 14.8. The van der Waals surface area contributed by atoms with Crippen LogP contribution >= 0.6 is 39.1 Å². The molecule has 1 heterocycles. The standard InChI is InChI=1S/C8H3BrCl2N2/c9-7-5-3-4(10)1-2-6(5)12-8(11)13-7/h1-3H. The summed E-state index contributed by atoms with van der Waals surface area (Å²) in [7, 11) is 0. The first-order chi connectivity index (χ1) is 6.16. The largest absolute Gasteiger partial charge is 0.224 e. The highest BCUT2D eigenvalue weighted by molar-refractivity contribution is 9.10. The summed E-state index contributed by atoms with van der Waals surface area (Å²) in [5.41, 5.74) is 0.774. The van der Waals surface area contributed by atoms with E-state index in [2.05, 4.69) is 25.9 Å². The molecular formula is C8H3BrCl2N2. The van der Waals surface area contributed by atoms with Gasteiger partial charge < -0.3 is 0 Å². The van der Waals surface area contributed by atoms with Crippen LogP contribution in [-0.2, 0) is 0 Å². The van der Waals surface area contributed by atoms with Crippen LogP contribution in [0.1, 0.15) is 0 Å². The molecule has 0 aliphatic heterocycles. The van der Waals surface area contributed by atoms with Gasteiger partial charge in [0.1, 0.15) is 4.60 Å². The van der Waals surface area contributed by atoms with Gasteiger partial charge in [-0.25, -0.2) is 9.97 Å². The second-order valence-corrected chi connectivity index (χ2v) is 3.97. The average molecular weight is 278 g/mol. The van der Waals surface area contributed by atoms with Crippen molar-refractivity contribution in [2.24, 2.45) is 0 Å². The normalized spacial score (nSPS) is 10.7. The first kappa shape index (κ1) is 9.19. The van der Waals surface area contributed by atoms with E-state index >= 15 is 0 Å². The fraction of sp³-hybridized carbons (Fsp3) is 0. The highest BCUT2D eigenvalue weighted by atomic mass is 79.9. The maximum atomic E-state index is 5.82. The van der Waals surface area contributed by atoms with E-state index in [-0.39, 0.29) is 5.28 Å². The third-order valence-corrected chi connectivity index (χ3v) is 2.59. The number of aromatic nitrogens is 2. The lowest BCUT2D eigenvalue weighted by Gasteiger charge is -1.99. The minimum absolute atomic E-state index is 0.224. The van der Waals surface area contributed by atoms with Crippen molar-refractivity contribution in [2.75, 3.05) is 0 Å². The Labute approximate surface area is 93.0 Å². The lowest BCUT2D eigenvalue weighted by atomic mass is 10.2. The zero-order chi connectivity index (χ0) is 9.42. The van der Waals surface area contributed by atoms with E-state index in [0.29, 0.717) is 9.63 Å². The van der Waals surface area contributed by atoms with Crippen molar-refractivity contribution in [3.05, 3.63) is 33.1 Å². The van der Waals surface area contributed by atoms with Crippen LogP contribution in [0.3, 0.4) is 0 Å². The summed E-state index contributed by atoms with van der Waals surface area (Å²) in [5, 5.41) is 1.73. The lowest BCUT2D eigenvalue weighted by molar-refractivity contribution is 1.19. The highest BCUT2D eigenvalue weighted by Gasteiger charge is 2.03. The molecule has 0 fully saturated rings. The van der Waals surface area contributed by atoms with E-state index in [4.69, 9.17) is 23.2 Å². The predicted molar refractivity (Wildman–Crippen MR) is 57.3 cm³/mol. The van der Waals surface area contributed by atoms with Gasteiger partial charge in [0, 0.05) is 10.4 Å². The molecule has 2 rings (SSSR count). The molecule has 0 aliphatic carbocycles. The van der Waals surface area contributed by atoms with Crippen molar-refractivity contribution in [3.8, 4) is 0 Å². The van der Waals surface area contributed by atoms with Crippen LogP contribution in [0.2, 0.25) is 10.3 Å². The van der Waals surface area contributed by atoms with Gasteiger partial charge in [0.25, 0.3) is 0 Å². The monoisotopic (exact) mass is 276 g/mol. The van der Waals surface area contributed by atoms with E-state index in [1.807, 2.05) is 0 Å². The molecule has 0 amide bonds. The molecule has 0 spiro atoms. The smallest absolute Gasteiger partial charge is 0.218 e. The van der Waals surface area contributed by atoms with Crippen LogP contribution in [0.15, 0.2) is 22.8 Å². The first-order valence-corrected chi connectivity index (χ1v) is 5.00. The second kappa shape index (κ2) is 3.40. The van der Waals surface area contributed by atoms with Crippen LogP contribution in [0.25, 0.3) is 10.9 Å². The van der Waals surface area contributed by atoms with Gasteiger partial charge in [-0.3, -0.25) is 0 Å². The maximum absolute atomic E-state index is 5.82. The van der Waals surface area contributed by atoms with Crippen molar-refractivity contribution >= 4 is 50.0 Å². The molecule has 5 heteroatoms. The van der Waals surface area contributed by atoms with E-state index < -0.39 is 0 Å². The Morgan fingerprint density at radius 1 is 1.15 bits per heavy atom. The minimum Gasteiger partial charge on any atom is -0.218 e. The van der Waals surface area contributed by atoms with Crippen molar-refractivity contribution in [2.45, 2.75) is 0 Å². The van der Waals surface area contributed by atoms with Gasteiger partial charge in [-0.15, -0.1) is 0 Å². The molecule has 0 aliphatic rings. The van der Waals surface area contributed by atoms with E-state index in [1.165, 1.54) is 0 Å². The third-order valence-electron chi connectivity index (χ3n) is 1.58. The molecular weight excluding hydrogens is 275 g/mol. The summed E-state index contributed by atoms with van der Waals surface area (Å²) < 4.78 is 0.657. The Hall–Kier alpha value is -0.380. The topological polar surface area (TPSA) is 25.8 Å². The van der Waals surface area contributed by atoms with Gasteiger partial charge in [0.05, 0.1) is 5.52 Å². The Morgan fingerprint density at radius 3 is 2.69 bits per heavy atom. The maximum Gasteiger partial charge on any atom is 0.224 e. The van der Waals surface area contributed by atoms with Crippen LogP contribution in [-0.4, -0.2) is 9.97 Å². The zero-order valence-corrected chi connectivity index (χ0v) is 9.36. The number of hydrogen-bond donors (Lipinski definition) is 0. The molecule has 0 N–H and O–H groups in total. The lowest BCUT2D eigenvalue weighted by Crippen LogP contribution is -1.86. The molecule has 0 saturated heterocycles. The van der Waals surface area contributed by atoms with Gasteiger partial charge in [0.2, 0.25) is 5.28 Å². The van der Waals surface area contributed by atoms with E-state index in [9.17, 15) is 0 Å². The van der Waals surface area contributed by atoms with E-state index in [0.717, 1.165) is 10.9 Å². The molecule has 2 nitrogen and oxygen atoms in total. The molecule has 0 atom stereocenters. The SMILES string of the molecule is Clc1ccc2nc(Cl)nc(Br)c2c1. The summed E-state index contributed by atoms with van der Waals surface area (Å²) in [6.07, 6.45) is 0. The number of fused-ring (bicyclic) bond motifs is 1. The van der Waals surface area contributed by atoms with E-state index in [1.54, 1.807) is 18.2 Å². The molecule has 0 radical (unpaired) electrons. The summed E-state index contributed by atoms with van der Waals surface area (Å²) in [5.74, 6) is 0. The Morgan fingerprint density at radius 2 is 1.92 bits per heavy atom. The number of halogens is 3. The average Bonchev–Trinajstić information content (AvgIpc) is 2.06. The molecule has 1 aromatic carbocycles. The summed E-state index contributed by atoms with van der Waals surface area (Å²) in [4.78, 5) is 8.00. The Kier molecular flexibility index (Phi) is 2.41. The van der Waals surface area contributed by atoms with Crippen LogP contribution in [0.4, 0.5) is 0 Å². The first-order valence-electron chi connectivity index (χ1n) is 3.45. The van der Waals surface area contributed by atoms with Gasteiger partial charge >= 0.3 is 0 Å². The predicted octanol–water partition coefficient (Wildman–Crippen LogP) is 3.70. The molecule has 1 aromatic heterocycles.